The molecule has 0 unspecified atom stereocenters. The fourth-order valence-electron chi connectivity index (χ4n) is 3.48. The normalized spacial score (nSPS) is 24.3. The maximum atomic E-state index is 12.3. The van der Waals surface area contributed by atoms with Crippen LogP contribution in [0, 0.1) is 5.92 Å². The summed E-state index contributed by atoms with van der Waals surface area (Å²) in [4.78, 5) is 24.6. The molecule has 0 aliphatic carbocycles. The Bertz CT molecular complexity index is 502. The van der Waals surface area contributed by atoms with E-state index in [1.165, 1.54) is 6.20 Å². The first-order chi connectivity index (χ1) is 10.1. The minimum atomic E-state index is -0.0182. The van der Waals surface area contributed by atoms with Gasteiger partial charge < -0.3 is 9.64 Å². The van der Waals surface area contributed by atoms with Crippen LogP contribution in [-0.2, 0) is 4.74 Å². The Morgan fingerprint density at radius 1 is 1.48 bits per heavy atom. The van der Waals surface area contributed by atoms with E-state index in [0.29, 0.717) is 11.6 Å². The third kappa shape index (κ3) is 2.65. The zero-order valence-corrected chi connectivity index (χ0v) is 12.7. The van der Waals surface area contributed by atoms with Gasteiger partial charge in [0.25, 0.3) is 5.91 Å². The molecule has 3 heterocycles. The Labute approximate surface area is 125 Å². The summed E-state index contributed by atoms with van der Waals surface area (Å²) in [6.07, 6.45) is 5.78. The van der Waals surface area contributed by atoms with Crippen molar-refractivity contribution in [1.82, 2.24) is 19.8 Å². The van der Waals surface area contributed by atoms with Crippen LogP contribution in [0.1, 0.15) is 23.8 Å². The molecular weight excluding hydrogens is 268 g/mol. The summed E-state index contributed by atoms with van der Waals surface area (Å²) in [6.45, 7) is 6.22. The van der Waals surface area contributed by atoms with Gasteiger partial charge in [0.2, 0.25) is 0 Å². The molecule has 2 aliphatic rings. The molecule has 2 aliphatic heterocycles. The van der Waals surface area contributed by atoms with E-state index in [2.05, 4.69) is 21.9 Å². The zero-order chi connectivity index (χ0) is 14.9. The third-order valence-electron chi connectivity index (χ3n) is 4.61. The molecule has 6 nitrogen and oxygen atoms in total. The molecule has 3 rings (SSSR count). The lowest BCUT2D eigenvalue weighted by molar-refractivity contribution is -0.00833. The van der Waals surface area contributed by atoms with E-state index in [1.807, 2.05) is 11.8 Å². The van der Waals surface area contributed by atoms with Gasteiger partial charge in [0.15, 0.2) is 0 Å². The van der Waals surface area contributed by atoms with Gasteiger partial charge in [0, 0.05) is 38.6 Å². The summed E-state index contributed by atoms with van der Waals surface area (Å²) in [5.74, 6) is 0.555. The monoisotopic (exact) mass is 290 g/mol. The van der Waals surface area contributed by atoms with Crippen molar-refractivity contribution in [3.8, 4) is 0 Å². The lowest BCUT2D eigenvalue weighted by Crippen LogP contribution is -2.68. The maximum Gasteiger partial charge on any atom is 0.274 e. The summed E-state index contributed by atoms with van der Waals surface area (Å²) in [5, 5.41) is 0. The largest absolute Gasteiger partial charge is 0.381 e. The molecule has 2 fully saturated rings. The van der Waals surface area contributed by atoms with Gasteiger partial charge in [-0.15, -0.1) is 0 Å². The van der Waals surface area contributed by atoms with Crippen LogP contribution >= 0.6 is 0 Å². The van der Waals surface area contributed by atoms with Crippen LogP contribution in [-0.4, -0.2) is 71.1 Å². The molecule has 1 aromatic rings. The molecule has 21 heavy (non-hydrogen) atoms. The first kappa shape index (κ1) is 14.4. The van der Waals surface area contributed by atoms with Crippen LogP contribution in [0.3, 0.4) is 0 Å². The molecule has 2 saturated heterocycles. The maximum absolute atomic E-state index is 12.3. The summed E-state index contributed by atoms with van der Waals surface area (Å²) >= 11 is 0. The zero-order valence-electron chi connectivity index (χ0n) is 12.7. The third-order valence-corrected chi connectivity index (χ3v) is 4.61. The van der Waals surface area contributed by atoms with Crippen molar-refractivity contribution in [3.63, 3.8) is 0 Å². The Balaban J connectivity index is 1.58. The van der Waals surface area contributed by atoms with E-state index in [9.17, 15) is 4.79 Å². The lowest BCUT2D eigenvalue weighted by atomic mass is 9.84. The minimum Gasteiger partial charge on any atom is -0.381 e. The molecule has 6 heteroatoms. The summed E-state index contributed by atoms with van der Waals surface area (Å²) in [5.41, 5.74) is 0.568. The molecule has 0 N–H and O–H groups in total. The summed E-state index contributed by atoms with van der Waals surface area (Å²) < 4.78 is 5.55. The predicted octanol–water partition coefficient (Wildman–Crippen LogP) is 0.659. The average molecular weight is 290 g/mol. The minimum absolute atomic E-state index is 0.0182. The number of hydrogen-bond donors (Lipinski definition) is 0. The van der Waals surface area contributed by atoms with E-state index in [1.54, 1.807) is 12.4 Å². The van der Waals surface area contributed by atoms with Crippen molar-refractivity contribution in [2.24, 2.45) is 5.92 Å². The Morgan fingerprint density at radius 3 is 2.95 bits per heavy atom. The van der Waals surface area contributed by atoms with Gasteiger partial charge in [-0.1, -0.05) is 0 Å². The molecule has 1 amide bonds. The highest BCUT2D eigenvalue weighted by Gasteiger charge is 2.53. The van der Waals surface area contributed by atoms with Crippen molar-refractivity contribution >= 4 is 5.91 Å². The smallest absolute Gasteiger partial charge is 0.274 e. The molecular formula is C15H22N4O2. The van der Waals surface area contributed by atoms with E-state index < -0.39 is 0 Å². The number of likely N-dealkylation sites (N-methyl/N-ethyl adjacent to an activating group) is 1. The van der Waals surface area contributed by atoms with Gasteiger partial charge in [0.05, 0.1) is 18.3 Å². The van der Waals surface area contributed by atoms with Crippen molar-refractivity contribution in [3.05, 3.63) is 24.3 Å². The molecule has 0 aromatic carbocycles. The van der Waals surface area contributed by atoms with E-state index in [0.717, 1.165) is 39.3 Å². The summed E-state index contributed by atoms with van der Waals surface area (Å²) in [7, 11) is 2.15. The van der Waals surface area contributed by atoms with Crippen molar-refractivity contribution in [2.75, 3.05) is 39.9 Å². The predicted molar refractivity (Wildman–Crippen MR) is 77.9 cm³/mol. The molecule has 0 saturated carbocycles. The fraction of sp³-hybridized carbons (Fsp3) is 0.667. The number of rotatable bonds is 4. The van der Waals surface area contributed by atoms with Crippen LogP contribution in [0.2, 0.25) is 0 Å². The number of carbonyl (C=O) groups excluding carboxylic acids is 1. The highest BCUT2D eigenvalue weighted by atomic mass is 16.5. The fourth-order valence-corrected chi connectivity index (χ4v) is 3.48. The second-order valence-electron chi connectivity index (χ2n) is 6.09. The number of likely N-dealkylation sites (tertiary alicyclic amines) is 2. The highest BCUT2D eigenvalue weighted by molar-refractivity contribution is 5.92. The van der Waals surface area contributed by atoms with E-state index >= 15 is 0 Å². The molecule has 0 bridgehead atoms. The topological polar surface area (TPSA) is 58.6 Å². The molecule has 1 aromatic heterocycles. The van der Waals surface area contributed by atoms with Gasteiger partial charge in [-0.2, -0.15) is 0 Å². The Hall–Kier alpha value is -1.53. The second kappa shape index (κ2) is 5.69. The Morgan fingerprint density at radius 2 is 2.29 bits per heavy atom. The van der Waals surface area contributed by atoms with Crippen LogP contribution in [0.5, 0.6) is 0 Å². The van der Waals surface area contributed by atoms with Crippen molar-refractivity contribution in [1.29, 1.82) is 0 Å². The lowest BCUT2D eigenvalue weighted by Gasteiger charge is -2.51. The number of aromatic nitrogens is 2. The first-order valence-electron chi connectivity index (χ1n) is 7.49. The average Bonchev–Trinajstić information content (AvgIpc) is 2.80. The van der Waals surface area contributed by atoms with Crippen LogP contribution in [0.25, 0.3) is 0 Å². The van der Waals surface area contributed by atoms with Gasteiger partial charge in [0.1, 0.15) is 5.69 Å². The summed E-state index contributed by atoms with van der Waals surface area (Å²) in [6, 6.07) is 0. The van der Waals surface area contributed by atoms with Crippen LogP contribution < -0.4 is 0 Å². The number of carbonyl (C=O) groups is 1. The van der Waals surface area contributed by atoms with Gasteiger partial charge in [-0.25, -0.2) is 4.98 Å². The quantitative estimate of drug-likeness (QED) is 0.815. The highest BCUT2D eigenvalue weighted by Crippen LogP contribution is 2.39. The molecule has 1 atom stereocenters. The number of ether oxygens (including phenoxy) is 1. The number of amides is 1. The standard InChI is InChI=1S/C15H22N4O2/c1-3-21-9-12-6-15(18(2)8-12)10-19(11-15)14(20)13-7-16-4-5-17-13/h4-5,7,12H,3,6,8-11H2,1-2H3/t12-/m0/s1. The first-order valence-corrected chi connectivity index (χ1v) is 7.49. The van der Waals surface area contributed by atoms with E-state index in [-0.39, 0.29) is 11.4 Å². The van der Waals surface area contributed by atoms with Crippen molar-refractivity contribution in [2.45, 2.75) is 18.9 Å². The van der Waals surface area contributed by atoms with Crippen LogP contribution in [0.4, 0.5) is 0 Å². The van der Waals surface area contributed by atoms with Gasteiger partial charge >= 0.3 is 0 Å². The molecule has 114 valence electrons. The van der Waals surface area contributed by atoms with Gasteiger partial charge in [-0.05, 0) is 26.3 Å². The number of nitrogens with zero attached hydrogens (tertiary/aromatic N) is 4. The number of hydrogen-bond acceptors (Lipinski definition) is 5. The Kier molecular flexibility index (Phi) is 3.91. The molecule has 1 spiro atoms. The van der Waals surface area contributed by atoms with Gasteiger partial charge in [-0.3, -0.25) is 14.7 Å². The SMILES string of the molecule is CCOC[C@@H]1CN(C)C2(C1)CN(C(=O)c1cnccn1)C2. The second-order valence-corrected chi connectivity index (χ2v) is 6.09. The van der Waals surface area contributed by atoms with E-state index in [4.69, 9.17) is 4.74 Å². The van der Waals surface area contributed by atoms with Crippen molar-refractivity contribution < 1.29 is 9.53 Å². The van der Waals surface area contributed by atoms with Crippen LogP contribution in [0.15, 0.2) is 18.6 Å². The molecule has 0 radical (unpaired) electrons.